The van der Waals surface area contributed by atoms with Gasteiger partial charge in [-0.1, -0.05) is 24.3 Å². The Balaban J connectivity index is 1.38. The fraction of sp³-hybridized carbons (Fsp3) is 0.0833. The highest BCUT2D eigenvalue weighted by atomic mass is 32.1. The van der Waals surface area contributed by atoms with Crippen LogP contribution in [0.4, 0.5) is 10.1 Å². The number of benzene rings is 2. The zero-order valence-electron chi connectivity index (χ0n) is 16.8. The van der Waals surface area contributed by atoms with Crippen molar-refractivity contribution in [3.63, 3.8) is 0 Å². The van der Waals surface area contributed by atoms with Crippen LogP contribution in [0.2, 0.25) is 0 Å². The van der Waals surface area contributed by atoms with E-state index < -0.39 is 6.04 Å². The Labute approximate surface area is 187 Å². The molecule has 2 N–H and O–H groups in total. The number of furan rings is 1. The van der Waals surface area contributed by atoms with Gasteiger partial charge in [0.25, 0.3) is 11.8 Å². The molecule has 4 aromatic rings. The molecule has 1 unspecified atom stereocenters. The van der Waals surface area contributed by atoms with E-state index in [1.807, 2.05) is 17.5 Å². The molecule has 6 nitrogen and oxygen atoms in total. The van der Waals surface area contributed by atoms with Crippen molar-refractivity contribution in [1.29, 1.82) is 0 Å². The summed E-state index contributed by atoms with van der Waals surface area (Å²) in [5.41, 5.74) is 1.27. The van der Waals surface area contributed by atoms with E-state index in [0.29, 0.717) is 11.4 Å². The molecule has 2 heterocycles. The van der Waals surface area contributed by atoms with Gasteiger partial charge in [0.1, 0.15) is 11.6 Å². The van der Waals surface area contributed by atoms with E-state index in [9.17, 15) is 14.0 Å². The third kappa shape index (κ3) is 5.41. The van der Waals surface area contributed by atoms with Gasteiger partial charge in [-0.05, 0) is 53.4 Å². The van der Waals surface area contributed by atoms with E-state index in [2.05, 4.69) is 10.6 Å². The number of carbonyl (C=O) groups excluding carboxylic acids is 2. The molecule has 2 amide bonds. The van der Waals surface area contributed by atoms with Gasteiger partial charge in [0.2, 0.25) is 0 Å². The van der Waals surface area contributed by atoms with Gasteiger partial charge in [-0.15, -0.1) is 11.3 Å². The first-order valence-corrected chi connectivity index (χ1v) is 10.6. The summed E-state index contributed by atoms with van der Waals surface area (Å²) >= 11 is 1.50. The Morgan fingerprint density at radius 2 is 1.88 bits per heavy atom. The number of thiophene rings is 1. The van der Waals surface area contributed by atoms with Crippen molar-refractivity contribution in [2.75, 3.05) is 11.9 Å². The molecule has 0 aliphatic carbocycles. The van der Waals surface area contributed by atoms with Crippen molar-refractivity contribution in [1.82, 2.24) is 5.32 Å². The number of ether oxygens (including phenoxy) is 1. The van der Waals surface area contributed by atoms with Crippen molar-refractivity contribution in [2.45, 2.75) is 6.04 Å². The molecule has 0 radical (unpaired) electrons. The summed E-state index contributed by atoms with van der Waals surface area (Å²) in [7, 11) is 0. The van der Waals surface area contributed by atoms with E-state index in [-0.39, 0.29) is 30.0 Å². The number of anilines is 1. The van der Waals surface area contributed by atoms with E-state index in [1.165, 1.54) is 29.7 Å². The molecular formula is C24H19FN2O4S. The molecule has 1 atom stereocenters. The van der Waals surface area contributed by atoms with Crippen LogP contribution in [-0.2, 0) is 4.79 Å². The second-order valence-corrected chi connectivity index (χ2v) is 7.79. The molecule has 0 fully saturated rings. The summed E-state index contributed by atoms with van der Waals surface area (Å²) in [6, 6.07) is 19.3. The molecule has 32 heavy (non-hydrogen) atoms. The first-order chi connectivity index (χ1) is 15.6. The SMILES string of the molecule is O=C(COc1cccc(NC(=O)c2ccco2)c1)NC(c1ccc(F)cc1)c1cccs1. The first kappa shape index (κ1) is 21.3. The van der Waals surface area contributed by atoms with Gasteiger partial charge >= 0.3 is 0 Å². The molecule has 162 valence electrons. The number of rotatable bonds is 8. The van der Waals surface area contributed by atoms with Crippen LogP contribution in [0.15, 0.2) is 88.9 Å². The molecule has 8 heteroatoms. The smallest absolute Gasteiger partial charge is 0.291 e. The standard InChI is InChI=1S/C24H19FN2O4S/c25-17-10-8-16(9-11-17)23(21-7-3-13-32-21)27-22(28)15-31-19-5-1-4-18(14-19)26-24(29)20-6-2-12-30-20/h1-14,23H,15H2,(H,26,29)(H,27,28). The van der Waals surface area contributed by atoms with E-state index in [1.54, 1.807) is 48.5 Å². The van der Waals surface area contributed by atoms with Crippen molar-refractivity contribution in [3.05, 3.63) is 106 Å². The highest BCUT2D eigenvalue weighted by Gasteiger charge is 2.18. The molecular weight excluding hydrogens is 431 g/mol. The maximum absolute atomic E-state index is 13.3. The second-order valence-electron chi connectivity index (χ2n) is 6.82. The Bertz CT molecular complexity index is 1180. The Kier molecular flexibility index (Phi) is 6.62. The summed E-state index contributed by atoms with van der Waals surface area (Å²) in [5.74, 6) is -0.448. The minimum Gasteiger partial charge on any atom is -0.484 e. The normalized spacial score (nSPS) is 11.5. The number of nitrogens with one attached hydrogen (secondary N) is 2. The van der Waals surface area contributed by atoms with Crippen LogP contribution in [-0.4, -0.2) is 18.4 Å². The average molecular weight is 450 g/mol. The number of halogens is 1. The summed E-state index contributed by atoms with van der Waals surface area (Å²) < 4.78 is 24.0. The largest absolute Gasteiger partial charge is 0.484 e. The van der Waals surface area contributed by atoms with Gasteiger partial charge in [-0.25, -0.2) is 4.39 Å². The molecule has 0 saturated carbocycles. The Hall–Kier alpha value is -3.91. The summed E-state index contributed by atoms with van der Waals surface area (Å²) in [6.07, 6.45) is 1.42. The molecule has 4 rings (SSSR count). The van der Waals surface area contributed by atoms with Crippen LogP contribution in [0.5, 0.6) is 5.75 Å². The minimum atomic E-state index is -0.411. The topological polar surface area (TPSA) is 80.6 Å². The highest BCUT2D eigenvalue weighted by Crippen LogP contribution is 2.26. The Morgan fingerprint density at radius 1 is 1.03 bits per heavy atom. The lowest BCUT2D eigenvalue weighted by molar-refractivity contribution is -0.123. The fourth-order valence-corrected chi connectivity index (χ4v) is 3.85. The maximum atomic E-state index is 13.3. The third-order valence-electron chi connectivity index (χ3n) is 4.54. The van der Waals surface area contributed by atoms with E-state index in [4.69, 9.17) is 9.15 Å². The predicted octanol–water partition coefficient (Wildman–Crippen LogP) is 5.02. The first-order valence-electron chi connectivity index (χ1n) is 9.74. The van der Waals surface area contributed by atoms with Crippen LogP contribution < -0.4 is 15.4 Å². The van der Waals surface area contributed by atoms with E-state index in [0.717, 1.165) is 10.4 Å². The van der Waals surface area contributed by atoms with Crippen molar-refractivity contribution >= 4 is 28.8 Å². The Morgan fingerprint density at radius 3 is 2.59 bits per heavy atom. The lowest BCUT2D eigenvalue weighted by atomic mass is 10.1. The molecule has 0 saturated heterocycles. The highest BCUT2D eigenvalue weighted by molar-refractivity contribution is 7.10. The average Bonchev–Trinajstić information content (AvgIpc) is 3.52. The number of carbonyl (C=O) groups is 2. The van der Waals surface area contributed by atoms with Crippen molar-refractivity contribution in [3.8, 4) is 5.75 Å². The molecule has 2 aromatic carbocycles. The minimum absolute atomic E-state index is 0.191. The fourth-order valence-electron chi connectivity index (χ4n) is 3.05. The lowest BCUT2D eigenvalue weighted by Gasteiger charge is -2.18. The van der Waals surface area contributed by atoms with Gasteiger partial charge in [0, 0.05) is 16.6 Å². The van der Waals surface area contributed by atoms with Gasteiger partial charge in [-0.2, -0.15) is 0 Å². The van der Waals surface area contributed by atoms with E-state index >= 15 is 0 Å². The molecule has 2 aromatic heterocycles. The molecule has 0 spiro atoms. The predicted molar refractivity (Wildman–Crippen MR) is 119 cm³/mol. The van der Waals surface area contributed by atoms with Crippen LogP contribution in [0.3, 0.4) is 0 Å². The molecule has 0 aliphatic heterocycles. The monoisotopic (exact) mass is 450 g/mol. The van der Waals surface area contributed by atoms with Gasteiger partial charge in [-0.3, -0.25) is 9.59 Å². The molecule has 0 bridgehead atoms. The van der Waals surface area contributed by atoms with Crippen LogP contribution in [0.1, 0.15) is 27.0 Å². The number of amides is 2. The van der Waals surface area contributed by atoms with Crippen LogP contribution >= 0.6 is 11.3 Å². The summed E-state index contributed by atoms with van der Waals surface area (Å²) in [5, 5.41) is 7.55. The zero-order valence-corrected chi connectivity index (χ0v) is 17.6. The summed E-state index contributed by atoms with van der Waals surface area (Å²) in [4.78, 5) is 25.6. The van der Waals surface area contributed by atoms with Crippen molar-refractivity contribution in [2.24, 2.45) is 0 Å². The van der Waals surface area contributed by atoms with Crippen LogP contribution in [0.25, 0.3) is 0 Å². The maximum Gasteiger partial charge on any atom is 0.291 e. The molecule has 0 aliphatic rings. The second kappa shape index (κ2) is 9.93. The summed E-state index contributed by atoms with van der Waals surface area (Å²) in [6.45, 7) is -0.224. The quantitative estimate of drug-likeness (QED) is 0.395. The third-order valence-corrected chi connectivity index (χ3v) is 5.48. The van der Waals surface area contributed by atoms with Gasteiger partial charge < -0.3 is 19.8 Å². The number of hydrogen-bond donors (Lipinski definition) is 2. The zero-order chi connectivity index (χ0) is 22.3. The lowest BCUT2D eigenvalue weighted by Crippen LogP contribution is -2.32. The van der Waals surface area contributed by atoms with Crippen molar-refractivity contribution < 1.29 is 23.1 Å². The van der Waals surface area contributed by atoms with Gasteiger partial charge in [0.05, 0.1) is 12.3 Å². The number of hydrogen-bond acceptors (Lipinski definition) is 5. The van der Waals surface area contributed by atoms with Crippen LogP contribution in [0, 0.1) is 5.82 Å². The van der Waals surface area contributed by atoms with Gasteiger partial charge in [0.15, 0.2) is 12.4 Å².